The van der Waals surface area contributed by atoms with Gasteiger partial charge in [-0.25, -0.2) is 4.98 Å². The summed E-state index contributed by atoms with van der Waals surface area (Å²) in [7, 11) is 3.52. The third-order valence-corrected chi connectivity index (χ3v) is 3.78. The molecule has 20 heavy (non-hydrogen) atoms. The largest absolute Gasteiger partial charge is 0.440 e. The standard InChI is InChI=1S/C14H20N2O3S/c1-10-12(8-16(2)7-11(17)9-18-3)15-14(19-10)13-5-4-6-20-13/h4-6,11,17H,7-9H2,1-3H3. The molecule has 0 aliphatic rings. The Kier molecular flexibility index (Phi) is 5.31. The van der Waals surface area contributed by atoms with Gasteiger partial charge in [0.25, 0.3) is 0 Å². The SMILES string of the molecule is COCC(O)CN(C)Cc1nc(-c2cccs2)oc1C. The number of methoxy groups -OCH3 is 1. The maximum atomic E-state index is 9.71. The van der Waals surface area contributed by atoms with Crippen molar-refractivity contribution in [1.82, 2.24) is 9.88 Å². The lowest BCUT2D eigenvalue weighted by atomic mass is 10.3. The molecule has 2 aromatic rings. The maximum absolute atomic E-state index is 9.71. The average molecular weight is 296 g/mol. The number of nitrogens with zero attached hydrogens (tertiary/aromatic N) is 2. The van der Waals surface area contributed by atoms with E-state index in [0.717, 1.165) is 16.3 Å². The van der Waals surface area contributed by atoms with Crippen molar-refractivity contribution >= 4 is 11.3 Å². The number of rotatable bonds is 7. The molecule has 0 aromatic carbocycles. The van der Waals surface area contributed by atoms with Gasteiger partial charge in [0, 0.05) is 20.2 Å². The summed E-state index contributed by atoms with van der Waals surface area (Å²) in [5.41, 5.74) is 0.903. The molecule has 6 heteroatoms. The van der Waals surface area contributed by atoms with E-state index >= 15 is 0 Å². The second kappa shape index (κ2) is 6.99. The normalized spacial score (nSPS) is 13.1. The molecule has 0 fully saturated rings. The van der Waals surface area contributed by atoms with E-state index in [2.05, 4.69) is 4.98 Å². The van der Waals surface area contributed by atoms with Gasteiger partial charge in [0.2, 0.25) is 5.89 Å². The van der Waals surface area contributed by atoms with Crippen LogP contribution in [0.4, 0.5) is 0 Å². The maximum Gasteiger partial charge on any atom is 0.236 e. The van der Waals surface area contributed by atoms with Crippen molar-refractivity contribution in [2.24, 2.45) is 0 Å². The summed E-state index contributed by atoms with van der Waals surface area (Å²) >= 11 is 1.61. The molecule has 0 aliphatic carbocycles. The highest BCUT2D eigenvalue weighted by Crippen LogP contribution is 2.26. The van der Waals surface area contributed by atoms with Crippen LogP contribution in [-0.2, 0) is 11.3 Å². The molecular weight excluding hydrogens is 276 g/mol. The van der Waals surface area contributed by atoms with Crippen LogP contribution in [0.5, 0.6) is 0 Å². The van der Waals surface area contributed by atoms with Crippen molar-refractivity contribution in [3.63, 3.8) is 0 Å². The summed E-state index contributed by atoms with van der Waals surface area (Å²) in [5, 5.41) is 11.7. The van der Waals surface area contributed by atoms with Crippen LogP contribution in [0.2, 0.25) is 0 Å². The van der Waals surface area contributed by atoms with E-state index in [1.807, 2.05) is 36.4 Å². The monoisotopic (exact) mass is 296 g/mol. The molecule has 1 N–H and O–H groups in total. The number of likely N-dealkylation sites (N-methyl/N-ethyl adjacent to an activating group) is 1. The Morgan fingerprint density at radius 3 is 3.00 bits per heavy atom. The number of hydrogen-bond acceptors (Lipinski definition) is 6. The predicted octanol–water partition coefficient (Wildman–Crippen LogP) is 2.15. The highest BCUT2D eigenvalue weighted by molar-refractivity contribution is 7.13. The van der Waals surface area contributed by atoms with Crippen LogP contribution in [0.1, 0.15) is 11.5 Å². The number of oxazole rings is 1. The van der Waals surface area contributed by atoms with Gasteiger partial charge in [0.1, 0.15) is 5.76 Å². The van der Waals surface area contributed by atoms with Crippen LogP contribution < -0.4 is 0 Å². The fourth-order valence-electron chi connectivity index (χ4n) is 2.01. The first kappa shape index (κ1) is 15.2. The van der Waals surface area contributed by atoms with Gasteiger partial charge in [0.05, 0.1) is 23.3 Å². The van der Waals surface area contributed by atoms with E-state index in [1.165, 1.54) is 0 Å². The Labute approximate surface area is 122 Å². The highest BCUT2D eigenvalue weighted by atomic mass is 32.1. The minimum absolute atomic E-state index is 0.336. The molecule has 2 heterocycles. The van der Waals surface area contributed by atoms with Crippen LogP contribution in [0, 0.1) is 6.92 Å². The van der Waals surface area contributed by atoms with Gasteiger partial charge in [-0.15, -0.1) is 11.3 Å². The van der Waals surface area contributed by atoms with Gasteiger partial charge in [-0.1, -0.05) is 6.07 Å². The van der Waals surface area contributed by atoms with E-state index in [9.17, 15) is 5.11 Å². The lowest BCUT2D eigenvalue weighted by molar-refractivity contribution is 0.0416. The first-order valence-corrected chi connectivity index (χ1v) is 7.34. The van der Waals surface area contributed by atoms with Crippen LogP contribution in [-0.4, -0.2) is 48.4 Å². The van der Waals surface area contributed by atoms with Crippen LogP contribution in [0.3, 0.4) is 0 Å². The molecule has 0 saturated carbocycles. The predicted molar refractivity (Wildman–Crippen MR) is 78.8 cm³/mol. The molecule has 1 unspecified atom stereocenters. The molecule has 5 nitrogen and oxygen atoms in total. The molecule has 0 radical (unpaired) electrons. The Morgan fingerprint density at radius 1 is 1.55 bits per heavy atom. The van der Waals surface area contributed by atoms with Gasteiger partial charge in [0.15, 0.2) is 0 Å². The first-order chi connectivity index (χ1) is 9.60. The Balaban J connectivity index is 1.99. The Bertz CT molecular complexity index is 525. The molecule has 0 aliphatic heterocycles. The lowest BCUT2D eigenvalue weighted by Gasteiger charge is -2.19. The second-order valence-electron chi connectivity index (χ2n) is 4.81. The Hall–Kier alpha value is -1.21. The molecular formula is C14H20N2O3S. The smallest absolute Gasteiger partial charge is 0.236 e. The van der Waals surface area contributed by atoms with E-state index in [-0.39, 0.29) is 0 Å². The molecule has 0 amide bonds. The fraction of sp³-hybridized carbons (Fsp3) is 0.500. The van der Waals surface area contributed by atoms with Gasteiger partial charge in [-0.05, 0) is 25.4 Å². The topological polar surface area (TPSA) is 58.7 Å². The zero-order chi connectivity index (χ0) is 14.5. The minimum Gasteiger partial charge on any atom is -0.440 e. The summed E-state index contributed by atoms with van der Waals surface area (Å²) in [5.74, 6) is 1.49. The zero-order valence-electron chi connectivity index (χ0n) is 12.0. The quantitative estimate of drug-likeness (QED) is 0.848. The first-order valence-electron chi connectivity index (χ1n) is 6.46. The van der Waals surface area contributed by atoms with Crippen molar-refractivity contribution in [2.45, 2.75) is 19.6 Å². The van der Waals surface area contributed by atoms with Crippen molar-refractivity contribution in [1.29, 1.82) is 0 Å². The molecule has 110 valence electrons. The molecule has 2 aromatic heterocycles. The average Bonchev–Trinajstić information content (AvgIpc) is 3.00. The minimum atomic E-state index is -0.492. The molecule has 0 saturated heterocycles. The van der Waals surface area contributed by atoms with Crippen molar-refractivity contribution < 1.29 is 14.3 Å². The number of ether oxygens (including phenoxy) is 1. The summed E-state index contributed by atoms with van der Waals surface area (Å²) in [4.78, 5) is 7.57. The number of aliphatic hydroxyl groups excluding tert-OH is 1. The number of aryl methyl sites for hydroxylation is 1. The molecule has 0 bridgehead atoms. The number of aromatic nitrogens is 1. The Morgan fingerprint density at radius 2 is 2.35 bits per heavy atom. The number of thiophene rings is 1. The third kappa shape index (κ3) is 3.89. The molecule has 0 spiro atoms. The van der Waals surface area contributed by atoms with Crippen molar-refractivity contribution in [3.05, 3.63) is 29.0 Å². The summed E-state index contributed by atoms with van der Waals surface area (Å²) in [6, 6.07) is 3.97. The van der Waals surface area contributed by atoms with Gasteiger partial charge in [-0.3, -0.25) is 4.90 Å². The fourth-order valence-corrected chi connectivity index (χ4v) is 2.65. The van der Waals surface area contributed by atoms with Crippen LogP contribution >= 0.6 is 11.3 Å². The molecule has 1 atom stereocenters. The molecule has 2 rings (SSSR count). The van der Waals surface area contributed by atoms with E-state index in [4.69, 9.17) is 9.15 Å². The van der Waals surface area contributed by atoms with Gasteiger partial charge < -0.3 is 14.3 Å². The van der Waals surface area contributed by atoms with E-state index < -0.39 is 6.10 Å². The van der Waals surface area contributed by atoms with Crippen LogP contribution in [0.15, 0.2) is 21.9 Å². The van der Waals surface area contributed by atoms with E-state index in [1.54, 1.807) is 18.4 Å². The van der Waals surface area contributed by atoms with Crippen LogP contribution in [0.25, 0.3) is 10.8 Å². The number of hydrogen-bond donors (Lipinski definition) is 1. The zero-order valence-corrected chi connectivity index (χ0v) is 12.8. The van der Waals surface area contributed by atoms with E-state index in [0.29, 0.717) is 25.6 Å². The lowest BCUT2D eigenvalue weighted by Crippen LogP contribution is -2.31. The summed E-state index contributed by atoms with van der Waals surface area (Å²) in [6.45, 7) is 3.43. The summed E-state index contributed by atoms with van der Waals surface area (Å²) in [6.07, 6.45) is -0.492. The third-order valence-electron chi connectivity index (χ3n) is 2.93. The van der Waals surface area contributed by atoms with Gasteiger partial charge in [-0.2, -0.15) is 0 Å². The highest BCUT2D eigenvalue weighted by Gasteiger charge is 2.15. The van der Waals surface area contributed by atoms with Crippen molar-refractivity contribution in [2.75, 3.05) is 27.3 Å². The number of aliphatic hydroxyl groups is 1. The van der Waals surface area contributed by atoms with Gasteiger partial charge >= 0.3 is 0 Å². The second-order valence-corrected chi connectivity index (χ2v) is 5.75. The van der Waals surface area contributed by atoms with Crippen molar-refractivity contribution in [3.8, 4) is 10.8 Å². The summed E-state index contributed by atoms with van der Waals surface area (Å²) < 4.78 is 10.6.